The fourth-order valence-electron chi connectivity index (χ4n) is 0.725. The largest absolute Gasteiger partial charge is 0.479 e. The third kappa shape index (κ3) is 3.17. The van der Waals surface area contributed by atoms with E-state index in [1.807, 2.05) is 0 Å². The standard InChI is InChI=1S/C7H5ClN3O4S/c8-6-5(10-7(9)16-6)3(1-12)11-15-2-4(13)14/h2H2,(H2,9,10)(H,13,14)/b11-3+. The van der Waals surface area contributed by atoms with E-state index in [9.17, 15) is 9.59 Å². The molecular formula is C7H5ClN3O4S. The van der Waals surface area contributed by atoms with E-state index in [-0.39, 0.29) is 20.9 Å². The van der Waals surface area contributed by atoms with E-state index in [1.54, 1.807) is 0 Å². The molecule has 1 aromatic heterocycles. The summed E-state index contributed by atoms with van der Waals surface area (Å²) in [7, 11) is 0. The van der Waals surface area contributed by atoms with Gasteiger partial charge in [-0.15, -0.1) is 0 Å². The molecule has 0 aromatic carbocycles. The molecule has 1 aromatic rings. The molecule has 0 saturated carbocycles. The summed E-state index contributed by atoms with van der Waals surface area (Å²) < 4.78 is 0.151. The highest BCUT2D eigenvalue weighted by Crippen LogP contribution is 2.25. The summed E-state index contributed by atoms with van der Waals surface area (Å²) >= 11 is 6.66. The molecule has 0 saturated heterocycles. The Kier molecular flexibility index (Phi) is 4.20. The molecule has 16 heavy (non-hydrogen) atoms. The Morgan fingerprint density at radius 1 is 1.75 bits per heavy atom. The number of hydrogen-bond donors (Lipinski definition) is 2. The van der Waals surface area contributed by atoms with Crippen LogP contribution in [0, 0.1) is 0 Å². The zero-order chi connectivity index (χ0) is 12.1. The summed E-state index contributed by atoms with van der Waals surface area (Å²) in [6, 6.07) is 0. The van der Waals surface area contributed by atoms with Gasteiger partial charge >= 0.3 is 5.97 Å². The predicted molar refractivity (Wildman–Crippen MR) is 57.4 cm³/mol. The molecule has 85 valence electrons. The van der Waals surface area contributed by atoms with Gasteiger partial charge in [-0.1, -0.05) is 28.1 Å². The molecule has 3 N–H and O–H groups in total. The maximum atomic E-state index is 10.5. The first-order valence-electron chi connectivity index (χ1n) is 3.76. The number of nitrogens with zero attached hydrogens (tertiary/aromatic N) is 2. The van der Waals surface area contributed by atoms with E-state index in [1.165, 1.54) is 6.29 Å². The molecular weight excluding hydrogens is 258 g/mol. The number of carboxylic acid groups (broad SMARTS) is 1. The summed E-state index contributed by atoms with van der Waals surface area (Å²) in [5, 5.41) is 11.7. The number of aromatic nitrogens is 1. The Morgan fingerprint density at radius 3 is 2.88 bits per heavy atom. The summed E-state index contributed by atoms with van der Waals surface area (Å²) in [6.07, 6.45) is 1.43. The number of oxime groups is 1. The predicted octanol–water partition coefficient (Wildman–Crippen LogP) is 0.294. The SMILES string of the molecule is Nc1nc(/C([C]=O)=N/OCC(=O)O)c(Cl)s1. The van der Waals surface area contributed by atoms with Crippen molar-refractivity contribution in [3.05, 3.63) is 10.0 Å². The lowest BCUT2D eigenvalue weighted by molar-refractivity contribution is -0.142. The van der Waals surface area contributed by atoms with Crippen LogP contribution in [0.1, 0.15) is 5.69 Å². The van der Waals surface area contributed by atoms with Crippen molar-refractivity contribution in [3.63, 3.8) is 0 Å². The van der Waals surface area contributed by atoms with E-state index >= 15 is 0 Å². The number of aliphatic carboxylic acids is 1. The lowest BCUT2D eigenvalue weighted by Gasteiger charge is -1.95. The van der Waals surface area contributed by atoms with E-state index in [0.29, 0.717) is 0 Å². The minimum Gasteiger partial charge on any atom is -0.479 e. The molecule has 0 amide bonds. The van der Waals surface area contributed by atoms with Crippen LogP contribution in [-0.4, -0.2) is 34.7 Å². The minimum absolute atomic E-state index is 0.0181. The van der Waals surface area contributed by atoms with Crippen LogP contribution < -0.4 is 5.73 Å². The van der Waals surface area contributed by atoms with Crippen molar-refractivity contribution < 1.29 is 19.5 Å². The molecule has 0 aliphatic carbocycles. The van der Waals surface area contributed by atoms with Crippen molar-refractivity contribution in [2.45, 2.75) is 0 Å². The van der Waals surface area contributed by atoms with Crippen LogP contribution in [0.25, 0.3) is 0 Å². The topological polar surface area (TPSA) is 115 Å². The van der Waals surface area contributed by atoms with Gasteiger partial charge in [0, 0.05) is 0 Å². The maximum Gasteiger partial charge on any atom is 0.344 e. The number of hydrogen-bond acceptors (Lipinski definition) is 7. The smallest absolute Gasteiger partial charge is 0.344 e. The quantitative estimate of drug-likeness (QED) is 0.582. The van der Waals surface area contributed by atoms with Gasteiger partial charge < -0.3 is 15.7 Å². The highest BCUT2D eigenvalue weighted by Gasteiger charge is 2.15. The molecule has 0 aliphatic heterocycles. The zero-order valence-corrected chi connectivity index (χ0v) is 9.21. The van der Waals surface area contributed by atoms with Gasteiger partial charge in [0.25, 0.3) is 6.29 Å². The third-order valence-corrected chi connectivity index (χ3v) is 2.35. The van der Waals surface area contributed by atoms with E-state index in [0.717, 1.165) is 11.3 Å². The lowest BCUT2D eigenvalue weighted by Crippen LogP contribution is -2.09. The van der Waals surface area contributed by atoms with E-state index in [2.05, 4.69) is 15.0 Å². The lowest BCUT2D eigenvalue weighted by atomic mass is 10.3. The zero-order valence-electron chi connectivity index (χ0n) is 7.64. The first-order chi connectivity index (χ1) is 7.54. The number of thiazole rings is 1. The summed E-state index contributed by atoms with van der Waals surface area (Å²) in [5.41, 5.74) is 5.04. The summed E-state index contributed by atoms with van der Waals surface area (Å²) in [6.45, 7) is -0.678. The molecule has 1 rings (SSSR count). The average molecular weight is 263 g/mol. The number of carbonyl (C=O) groups excluding carboxylic acids is 1. The number of nitrogen functional groups attached to an aromatic ring is 1. The monoisotopic (exact) mass is 262 g/mol. The van der Waals surface area contributed by atoms with Crippen LogP contribution in [0.15, 0.2) is 5.16 Å². The van der Waals surface area contributed by atoms with Gasteiger partial charge in [-0.05, 0) is 0 Å². The van der Waals surface area contributed by atoms with Crippen LogP contribution in [-0.2, 0) is 14.4 Å². The van der Waals surface area contributed by atoms with Crippen molar-refractivity contribution in [3.8, 4) is 0 Å². The Balaban J connectivity index is 2.85. The van der Waals surface area contributed by atoms with Crippen molar-refractivity contribution in [2.24, 2.45) is 5.16 Å². The van der Waals surface area contributed by atoms with Crippen LogP contribution in [0.3, 0.4) is 0 Å². The number of rotatable bonds is 5. The van der Waals surface area contributed by atoms with Crippen LogP contribution in [0.4, 0.5) is 5.13 Å². The molecule has 0 aliphatic rings. The number of anilines is 1. The Morgan fingerprint density at radius 2 is 2.44 bits per heavy atom. The number of carbonyl (C=O) groups is 1. The molecule has 9 heteroatoms. The first kappa shape index (κ1) is 12.4. The Labute approximate surface area is 98.5 Å². The highest BCUT2D eigenvalue weighted by molar-refractivity contribution is 7.19. The summed E-state index contributed by atoms with van der Waals surface area (Å²) in [4.78, 5) is 28.7. The van der Waals surface area contributed by atoms with Crippen molar-refractivity contribution in [2.75, 3.05) is 12.3 Å². The minimum atomic E-state index is -1.22. The molecule has 1 heterocycles. The van der Waals surface area contributed by atoms with Gasteiger partial charge in [-0.3, -0.25) is 4.79 Å². The molecule has 0 atom stereocenters. The maximum absolute atomic E-state index is 10.5. The first-order valence-corrected chi connectivity index (χ1v) is 4.96. The fraction of sp³-hybridized carbons (Fsp3) is 0.143. The average Bonchev–Trinajstić information content (AvgIpc) is 2.52. The summed E-state index contributed by atoms with van der Waals surface area (Å²) in [5.74, 6) is -1.22. The van der Waals surface area contributed by atoms with Crippen molar-refractivity contribution >= 4 is 46.0 Å². The normalized spacial score (nSPS) is 11.2. The van der Waals surface area contributed by atoms with E-state index < -0.39 is 12.6 Å². The Bertz CT molecular complexity index is 445. The second-order valence-electron chi connectivity index (χ2n) is 2.38. The third-order valence-electron chi connectivity index (χ3n) is 1.27. The molecule has 0 unspecified atom stereocenters. The molecule has 0 spiro atoms. The Hall–Kier alpha value is -1.67. The van der Waals surface area contributed by atoms with Gasteiger partial charge in [-0.25, -0.2) is 9.78 Å². The van der Waals surface area contributed by atoms with Gasteiger partial charge in [0.05, 0.1) is 0 Å². The van der Waals surface area contributed by atoms with Crippen LogP contribution in [0.2, 0.25) is 4.34 Å². The number of halogens is 1. The van der Waals surface area contributed by atoms with Crippen LogP contribution in [0.5, 0.6) is 0 Å². The van der Waals surface area contributed by atoms with Crippen molar-refractivity contribution in [1.82, 2.24) is 4.98 Å². The van der Waals surface area contributed by atoms with Crippen LogP contribution >= 0.6 is 22.9 Å². The van der Waals surface area contributed by atoms with Gasteiger partial charge in [0.2, 0.25) is 6.61 Å². The van der Waals surface area contributed by atoms with Gasteiger partial charge in [0.1, 0.15) is 10.0 Å². The number of carboxylic acids is 1. The van der Waals surface area contributed by atoms with Crippen molar-refractivity contribution in [1.29, 1.82) is 0 Å². The van der Waals surface area contributed by atoms with Gasteiger partial charge in [-0.2, -0.15) is 0 Å². The second kappa shape index (κ2) is 5.42. The number of nitrogens with two attached hydrogens (primary N) is 1. The molecule has 7 nitrogen and oxygen atoms in total. The fourth-order valence-corrected chi connectivity index (χ4v) is 1.65. The second-order valence-corrected chi connectivity index (χ2v) is 4.02. The van der Waals surface area contributed by atoms with Gasteiger partial charge in [0.15, 0.2) is 10.8 Å². The highest BCUT2D eigenvalue weighted by atomic mass is 35.5. The molecule has 0 bridgehead atoms. The molecule has 0 fully saturated rings. The molecule has 1 radical (unpaired) electrons. The van der Waals surface area contributed by atoms with E-state index in [4.69, 9.17) is 22.4 Å².